The van der Waals surface area contributed by atoms with Crippen LogP contribution in [0.4, 0.5) is 0 Å². The minimum absolute atomic E-state index is 0.789. The number of ether oxygens (including phenoxy) is 1. The molecule has 3 aromatic carbocycles. The maximum atomic E-state index is 11.9. The van der Waals surface area contributed by atoms with E-state index in [1.807, 2.05) is 60.7 Å². The highest BCUT2D eigenvalue weighted by molar-refractivity contribution is 5.54. The van der Waals surface area contributed by atoms with Gasteiger partial charge in [0.15, 0.2) is 0 Å². The molecule has 0 spiro atoms. The van der Waals surface area contributed by atoms with E-state index < -0.39 is 5.60 Å². The van der Waals surface area contributed by atoms with Crippen molar-refractivity contribution in [1.29, 1.82) is 0 Å². The molecule has 0 fully saturated rings. The van der Waals surface area contributed by atoms with E-state index in [0.29, 0.717) is 0 Å². The van der Waals surface area contributed by atoms with Gasteiger partial charge in [-0.05, 0) is 52.8 Å². The average Bonchev–Trinajstić information content (AvgIpc) is 2.78. The van der Waals surface area contributed by atoms with Crippen LogP contribution in [0.1, 0.15) is 27.8 Å². The Hall–Kier alpha value is -2.58. The third kappa shape index (κ3) is 2.22. The fourth-order valence-corrected chi connectivity index (χ4v) is 3.74. The first kappa shape index (κ1) is 15.0. The van der Waals surface area contributed by atoms with Crippen LogP contribution < -0.4 is 4.74 Å². The fourth-order valence-electron chi connectivity index (χ4n) is 3.74. The van der Waals surface area contributed by atoms with Crippen LogP contribution in [0, 0.1) is 0 Å². The van der Waals surface area contributed by atoms with Gasteiger partial charge in [0.2, 0.25) is 0 Å². The summed E-state index contributed by atoms with van der Waals surface area (Å²) >= 11 is 0. The first-order valence-electron chi connectivity index (χ1n) is 8.27. The van der Waals surface area contributed by atoms with Crippen LogP contribution >= 0.6 is 0 Å². The summed E-state index contributed by atoms with van der Waals surface area (Å²) in [5, 5.41) is 11.9. The molecule has 24 heavy (non-hydrogen) atoms. The monoisotopic (exact) mass is 316 g/mol. The number of benzene rings is 3. The van der Waals surface area contributed by atoms with Gasteiger partial charge in [0, 0.05) is 0 Å². The summed E-state index contributed by atoms with van der Waals surface area (Å²) in [6, 6.07) is 24.1. The molecule has 1 N–H and O–H groups in total. The molecule has 0 heterocycles. The standard InChI is InChI=1S/C22H20O2/c1-24-19-14-12-18(13-15-19)22(23)20-8-4-2-6-16(20)10-11-17-7-3-5-9-21(17)22/h2-9,12-15,23H,10-11H2,1H3. The van der Waals surface area contributed by atoms with Crippen molar-refractivity contribution in [1.82, 2.24) is 0 Å². The fraction of sp³-hybridized carbons (Fsp3) is 0.182. The lowest BCUT2D eigenvalue weighted by molar-refractivity contribution is 0.125. The van der Waals surface area contributed by atoms with Crippen LogP contribution in [-0.2, 0) is 18.4 Å². The van der Waals surface area contributed by atoms with E-state index in [0.717, 1.165) is 35.3 Å². The lowest BCUT2D eigenvalue weighted by Crippen LogP contribution is -2.30. The highest BCUT2D eigenvalue weighted by atomic mass is 16.5. The minimum atomic E-state index is -1.14. The van der Waals surface area contributed by atoms with Gasteiger partial charge in [0.1, 0.15) is 11.4 Å². The molecule has 0 saturated carbocycles. The van der Waals surface area contributed by atoms with Crippen molar-refractivity contribution in [2.24, 2.45) is 0 Å². The van der Waals surface area contributed by atoms with Crippen molar-refractivity contribution in [2.75, 3.05) is 7.11 Å². The van der Waals surface area contributed by atoms with Crippen molar-refractivity contribution in [2.45, 2.75) is 18.4 Å². The predicted molar refractivity (Wildman–Crippen MR) is 95.4 cm³/mol. The SMILES string of the molecule is COc1ccc(C2(O)c3ccccc3CCc3ccccc32)cc1. The zero-order chi connectivity index (χ0) is 16.6. The Morgan fingerprint density at radius 3 is 1.75 bits per heavy atom. The van der Waals surface area contributed by atoms with Crippen molar-refractivity contribution in [3.63, 3.8) is 0 Å². The normalized spacial score (nSPS) is 15.1. The Kier molecular flexibility index (Phi) is 3.62. The lowest BCUT2D eigenvalue weighted by atomic mass is 9.78. The first-order chi connectivity index (χ1) is 11.7. The maximum Gasteiger partial charge on any atom is 0.141 e. The minimum Gasteiger partial charge on any atom is -0.497 e. The van der Waals surface area contributed by atoms with Crippen LogP contribution in [0.3, 0.4) is 0 Å². The van der Waals surface area contributed by atoms with Crippen LogP contribution in [0.15, 0.2) is 72.8 Å². The molecule has 0 bridgehead atoms. The second kappa shape index (κ2) is 5.81. The van der Waals surface area contributed by atoms with Gasteiger partial charge in [-0.2, -0.15) is 0 Å². The highest BCUT2D eigenvalue weighted by Gasteiger charge is 2.38. The first-order valence-corrected chi connectivity index (χ1v) is 8.27. The lowest BCUT2D eigenvalue weighted by Gasteiger charge is -2.31. The quantitative estimate of drug-likeness (QED) is 0.772. The molecule has 0 saturated heterocycles. The Morgan fingerprint density at radius 1 is 0.750 bits per heavy atom. The molecule has 0 amide bonds. The molecule has 2 heteroatoms. The van der Waals surface area contributed by atoms with Crippen LogP contribution in [0.5, 0.6) is 5.75 Å². The second-order valence-corrected chi connectivity index (χ2v) is 6.25. The van der Waals surface area contributed by atoms with E-state index >= 15 is 0 Å². The molecule has 2 nitrogen and oxygen atoms in total. The molecule has 1 aliphatic carbocycles. The van der Waals surface area contributed by atoms with E-state index in [4.69, 9.17) is 4.74 Å². The molecule has 120 valence electrons. The number of aryl methyl sites for hydroxylation is 2. The summed E-state index contributed by atoms with van der Waals surface area (Å²) in [4.78, 5) is 0. The van der Waals surface area contributed by atoms with Crippen LogP contribution in [-0.4, -0.2) is 12.2 Å². The molecule has 1 aliphatic rings. The smallest absolute Gasteiger partial charge is 0.141 e. The van der Waals surface area contributed by atoms with Crippen LogP contribution in [0.25, 0.3) is 0 Å². The molecule has 4 rings (SSSR count). The average molecular weight is 316 g/mol. The Balaban J connectivity index is 2.00. The third-order valence-corrected chi connectivity index (χ3v) is 4.99. The Labute approximate surface area is 142 Å². The summed E-state index contributed by atoms with van der Waals surface area (Å²) in [7, 11) is 1.65. The molecular formula is C22H20O2. The Morgan fingerprint density at radius 2 is 1.25 bits per heavy atom. The van der Waals surface area contributed by atoms with Crippen molar-refractivity contribution in [3.8, 4) is 5.75 Å². The zero-order valence-electron chi connectivity index (χ0n) is 13.7. The molecule has 0 radical (unpaired) electrons. The number of rotatable bonds is 2. The third-order valence-electron chi connectivity index (χ3n) is 4.99. The summed E-state index contributed by atoms with van der Waals surface area (Å²) in [6.45, 7) is 0. The Bertz CT molecular complexity index is 818. The summed E-state index contributed by atoms with van der Waals surface area (Å²) in [5.74, 6) is 0.789. The predicted octanol–water partition coefficient (Wildman–Crippen LogP) is 4.08. The van der Waals surface area contributed by atoms with Gasteiger partial charge in [0.25, 0.3) is 0 Å². The van der Waals surface area contributed by atoms with Crippen molar-refractivity contribution < 1.29 is 9.84 Å². The molecule has 0 atom stereocenters. The van der Waals surface area contributed by atoms with E-state index in [2.05, 4.69) is 12.1 Å². The van der Waals surface area contributed by atoms with Gasteiger partial charge in [-0.25, -0.2) is 0 Å². The largest absolute Gasteiger partial charge is 0.497 e. The summed E-state index contributed by atoms with van der Waals surface area (Å²) in [5.41, 5.74) is 4.07. The zero-order valence-corrected chi connectivity index (χ0v) is 13.7. The topological polar surface area (TPSA) is 29.5 Å². The van der Waals surface area contributed by atoms with Crippen molar-refractivity contribution in [3.05, 3.63) is 101 Å². The number of hydrogen-bond donors (Lipinski definition) is 1. The second-order valence-electron chi connectivity index (χ2n) is 6.25. The van der Waals surface area contributed by atoms with Gasteiger partial charge in [-0.15, -0.1) is 0 Å². The van der Waals surface area contributed by atoms with Gasteiger partial charge >= 0.3 is 0 Å². The van der Waals surface area contributed by atoms with Gasteiger partial charge in [-0.3, -0.25) is 0 Å². The maximum absolute atomic E-state index is 11.9. The number of hydrogen-bond acceptors (Lipinski definition) is 2. The molecule has 0 aliphatic heterocycles. The molecule has 0 aromatic heterocycles. The number of fused-ring (bicyclic) bond motifs is 2. The summed E-state index contributed by atoms with van der Waals surface area (Å²) in [6.07, 6.45) is 1.87. The van der Waals surface area contributed by atoms with E-state index in [1.54, 1.807) is 7.11 Å². The van der Waals surface area contributed by atoms with E-state index in [1.165, 1.54) is 11.1 Å². The van der Waals surface area contributed by atoms with Gasteiger partial charge in [-0.1, -0.05) is 60.7 Å². The molecular weight excluding hydrogens is 296 g/mol. The molecule has 3 aromatic rings. The number of aliphatic hydroxyl groups is 1. The van der Waals surface area contributed by atoms with Crippen molar-refractivity contribution >= 4 is 0 Å². The van der Waals surface area contributed by atoms with Gasteiger partial charge < -0.3 is 9.84 Å². The molecule has 0 unspecified atom stereocenters. The number of methoxy groups -OCH3 is 1. The van der Waals surface area contributed by atoms with E-state index in [-0.39, 0.29) is 0 Å². The van der Waals surface area contributed by atoms with E-state index in [9.17, 15) is 5.11 Å². The van der Waals surface area contributed by atoms with Gasteiger partial charge in [0.05, 0.1) is 7.11 Å². The van der Waals surface area contributed by atoms with Crippen LogP contribution in [0.2, 0.25) is 0 Å². The summed E-state index contributed by atoms with van der Waals surface area (Å²) < 4.78 is 5.27. The highest BCUT2D eigenvalue weighted by Crippen LogP contribution is 2.42.